The van der Waals surface area contributed by atoms with Crippen molar-refractivity contribution in [1.82, 2.24) is 10.3 Å². The van der Waals surface area contributed by atoms with Crippen molar-refractivity contribution in [2.75, 3.05) is 0 Å². The van der Waals surface area contributed by atoms with Crippen molar-refractivity contribution >= 4 is 5.69 Å². The van der Waals surface area contributed by atoms with Gasteiger partial charge < -0.3 is 0 Å². The first-order chi connectivity index (χ1) is 7.20. The van der Waals surface area contributed by atoms with Crippen LogP contribution < -0.4 is 0 Å². The molecule has 0 atom stereocenters. The number of nitrogens with zero attached hydrogens (tertiary/aromatic N) is 3. The average Bonchev–Trinajstić information content (AvgIpc) is 2.64. The minimum absolute atomic E-state index is 0.00343. The summed E-state index contributed by atoms with van der Waals surface area (Å²) in [6.45, 7) is 1.68. The Morgan fingerprint density at radius 1 is 1.33 bits per heavy atom. The topological polar surface area (TPSA) is 82.1 Å². The molecule has 6 nitrogen and oxygen atoms in total. The van der Waals surface area contributed by atoms with Gasteiger partial charge in [0, 0.05) is 6.07 Å². The predicted molar refractivity (Wildman–Crippen MR) is 51.1 cm³/mol. The molecule has 1 aromatic carbocycles. The average molecular weight is 205 g/mol. The van der Waals surface area contributed by atoms with E-state index >= 15 is 0 Å². The molecule has 0 bridgehead atoms. The molecule has 0 radical (unpaired) electrons. The Bertz CT molecular complexity index is 507. The van der Waals surface area contributed by atoms with E-state index in [4.69, 9.17) is 0 Å². The number of benzene rings is 1. The highest BCUT2D eigenvalue weighted by molar-refractivity contribution is 5.71. The molecule has 0 fully saturated rings. The highest BCUT2D eigenvalue weighted by atomic mass is 16.6. The van der Waals surface area contributed by atoms with Crippen LogP contribution in [-0.4, -0.2) is 15.2 Å². The maximum Gasteiger partial charge on any atom is 0.278 e. The van der Waals surface area contributed by atoms with Crippen molar-refractivity contribution in [2.45, 2.75) is 6.92 Å². The highest BCUT2D eigenvalue weighted by Crippen LogP contribution is 2.29. The smallest absolute Gasteiger partial charge is 0.258 e. The van der Waals surface area contributed by atoms with Crippen molar-refractivity contribution in [3.05, 3.63) is 40.1 Å². The first-order valence-electron chi connectivity index (χ1n) is 4.23. The normalized spacial score (nSPS) is 10.2. The van der Waals surface area contributed by atoms with Gasteiger partial charge in [0.15, 0.2) is 0 Å². The van der Waals surface area contributed by atoms with Gasteiger partial charge in [0.25, 0.3) is 5.69 Å². The molecule has 76 valence electrons. The quantitative estimate of drug-likeness (QED) is 0.552. The molecule has 0 saturated carbocycles. The molecule has 0 aliphatic rings. The predicted octanol–water partition coefficient (Wildman–Crippen LogP) is 1.95. The van der Waals surface area contributed by atoms with E-state index < -0.39 is 4.92 Å². The highest BCUT2D eigenvalue weighted by Gasteiger charge is 2.19. The summed E-state index contributed by atoms with van der Waals surface area (Å²) in [6, 6.07) is 6.34. The SMILES string of the molecule is Cc1nonc1-c1ccccc1[N+](=O)[O-]. The van der Waals surface area contributed by atoms with Crippen LogP contribution in [0.15, 0.2) is 28.9 Å². The maximum absolute atomic E-state index is 10.8. The summed E-state index contributed by atoms with van der Waals surface area (Å²) in [5.41, 5.74) is 1.35. The molecule has 0 aliphatic carbocycles. The van der Waals surface area contributed by atoms with Gasteiger partial charge in [0.05, 0.1) is 10.5 Å². The number of hydrogen-bond donors (Lipinski definition) is 0. The molecule has 0 unspecified atom stereocenters. The number of rotatable bonds is 2. The van der Waals surface area contributed by atoms with E-state index in [2.05, 4.69) is 14.9 Å². The molecule has 0 saturated heterocycles. The van der Waals surface area contributed by atoms with Gasteiger partial charge in [-0.2, -0.15) is 0 Å². The second kappa shape index (κ2) is 3.49. The fourth-order valence-electron chi connectivity index (χ4n) is 1.31. The summed E-state index contributed by atoms with van der Waals surface area (Å²) in [4.78, 5) is 10.3. The zero-order chi connectivity index (χ0) is 10.8. The van der Waals surface area contributed by atoms with Crippen LogP contribution in [-0.2, 0) is 0 Å². The summed E-state index contributed by atoms with van der Waals surface area (Å²) in [6.07, 6.45) is 0. The van der Waals surface area contributed by atoms with Gasteiger partial charge in [0.2, 0.25) is 0 Å². The van der Waals surface area contributed by atoms with Crippen LogP contribution in [0.3, 0.4) is 0 Å². The van der Waals surface area contributed by atoms with Gasteiger partial charge in [0.1, 0.15) is 11.4 Å². The Morgan fingerprint density at radius 2 is 2.07 bits per heavy atom. The second-order valence-electron chi connectivity index (χ2n) is 2.97. The lowest BCUT2D eigenvalue weighted by molar-refractivity contribution is -0.384. The molecular weight excluding hydrogens is 198 g/mol. The van der Waals surface area contributed by atoms with Crippen LogP contribution in [0.2, 0.25) is 0 Å². The van der Waals surface area contributed by atoms with E-state index in [1.165, 1.54) is 6.07 Å². The Balaban J connectivity index is 2.63. The van der Waals surface area contributed by atoms with Gasteiger partial charge in [-0.25, -0.2) is 4.63 Å². The summed E-state index contributed by atoms with van der Waals surface area (Å²) in [5, 5.41) is 18.0. The zero-order valence-corrected chi connectivity index (χ0v) is 7.88. The summed E-state index contributed by atoms with van der Waals surface area (Å²) >= 11 is 0. The minimum Gasteiger partial charge on any atom is -0.258 e. The summed E-state index contributed by atoms with van der Waals surface area (Å²) < 4.78 is 4.51. The fraction of sp³-hybridized carbons (Fsp3) is 0.111. The molecule has 2 aromatic rings. The molecule has 0 aliphatic heterocycles. The Morgan fingerprint density at radius 3 is 2.67 bits per heavy atom. The van der Waals surface area contributed by atoms with Gasteiger partial charge in [-0.1, -0.05) is 17.3 Å². The van der Waals surface area contributed by atoms with Gasteiger partial charge >= 0.3 is 0 Å². The van der Waals surface area contributed by atoms with E-state index in [0.717, 1.165) is 0 Å². The van der Waals surface area contributed by atoms with Crippen molar-refractivity contribution in [2.24, 2.45) is 0 Å². The standard InChI is InChI=1S/C9H7N3O3/c1-6-9(11-15-10-6)7-4-2-3-5-8(7)12(13)14/h2-5H,1H3. The van der Waals surface area contributed by atoms with E-state index in [-0.39, 0.29) is 5.69 Å². The van der Waals surface area contributed by atoms with Gasteiger partial charge in [-0.05, 0) is 18.1 Å². The lowest BCUT2D eigenvalue weighted by Crippen LogP contribution is -1.92. The van der Waals surface area contributed by atoms with Gasteiger partial charge in [-0.3, -0.25) is 10.1 Å². The Kier molecular flexibility index (Phi) is 2.17. The molecular formula is C9H7N3O3. The molecule has 0 amide bonds. The lowest BCUT2D eigenvalue weighted by atomic mass is 10.1. The second-order valence-corrected chi connectivity index (χ2v) is 2.97. The fourth-order valence-corrected chi connectivity index (χ4v) is 1.31. The molecule has 6 heteroatoms. The van der Waals surface area contributed by atoms with Crippen LogP contribution in [0, 0.1) is 17.0 Å². The van der Waals surface area contributed by atoms with Crippen LogP contribution >= 0.6 is 0 Å². The van der Waals surface area contributed by atoms with Crippen molar-refractivity contribution in [3.63, 3.8) is 0 Å². The van der Waals surface area contributed by atoms with E-state index in [0.29, 0.717) is 17.0 Å². The Hall–Kier alpha value is -2.24. The summed E-state index contributed by atoms with van der Waals surface area (Å²) in [5.74, 6) is 0. The zero-order valence-electron chi connectivity index (χ0n) is 7.88. The molecule has 1 heterocycles. The van der Waals surface area contributed by atoms with E-state index in [1.54, 1.807) is 25.1 Å². The number of nitro groups is 1. The maximum atomic E-state index is 10.8. The van der Waals surface area contributed by atoms with Crippen LogP contribution in [0.4, 0.5) is 5.69 Å². The third-order valence-electron chi connectivity index (χ3n) is 2.01. The largest absolute Gasteiger partial charge is 0.278 e. The number of aromatic nitrogens is 2. The number of para-hydroxylation sites is 1. The van der Waals surface area contributed by atoms with Crippen LogP contribution in [0.1, 0.15) is 5.69 Å². The number of aryl methyl sites for hydroxylation is 1. The van der Waals surface area contributed by atoms with Gasteiger partial charge in [-0.15, -0.1) is 0 Å². The van der Waals surface area contributed by atoms with Crippen molar-refractivity contribution in [1.29, 1.82) is 0 Å². The first kappa shape index (κ1) is 9.32. The lowest BCUT2D eigenvalue weighted by Gasteiger charge is -1.97. The molecule has 0 N–H and O–H groups in total. The third-order valence-corrected chi connectivity index (χ3v) is 2.01. The molecule has 0 spiro atoms. The number of hydrogen-bond acceptors (Lipinski definition) is 5. The minimum atomic E-state index is -0.455. The molecule has 15 heavy (non-hydrogen) atoms. The van der Waals surface area contributed by atoms with Crippen molar-refractivity contribution < 1.29 is 9.55 Å². The number of nitro benzene ring substituents is 1. The van der Waals surface area contributed by atoms with E-state index in [9.17, 15) is 10.1 Å². The Labute approximate surface area is 84.6 Å². The van der Waals surface area contributed by atoms with Crippen LogP contribution in [0.25, 0.3) is 11.3 Å². The summed E-state index contributed by atoms with van der Waals surface area (Å²) in [7, 11) is 0. The van der Waals surface area contributed by atoms with Crippen LogP contribution in [0.5, 0.6) is 0 Å². The third kappa shape index (κ3) is 1.56. The monoisotopic (exact) mass is 205 g/mol. The van der Waals surface area contributed by atoms with E-state index in [1.807, 2.05) is 0 Å². The molecule has 1 aromatic heterocycles. The molecule has 2 rings (SSSR count). The first-order valence-corrected chi connectivity index (χ1v) is 4.23. The van der Waals surface area contributed by atoms with Crippen molar-refractivity contribution in [3.8, 4) is 11.3 Å².